The Hall–Kier alpha value is -1.45. The van der Waals surface area contributed by atoms with Gasteiger partial charge in [0.2, 0.25) is 0 Å². The van der Waals surface area contributed by atoms with Crippen LogP contribution in [0.5, 0.6) is 0 Å². The molecule has 2 rings (SSSR count). The number of nitrogens with zero attached hydrogens (tertiary/aromatic N) is 1. The first-order valence-electron chi connectivity index (χ1n) is 5.78. The second-order valence-corrected chi connectivity index (χ2v) is 4.78. The fourth-order valence-electron chi connectivity index (χ4n) is 1.88. The highest BCUT2D eigenvalue weighted by Gasteiger charge is 2.24. The van der Waals surface area contributed by atoms with Crippen molar-refractivity contribution in [2.24, 2.45) is 5.73 Å². The van der Waals surface area contributed by atoms with Crippen molar-refractivity contribution in [1.29, 1.82) is 0 Å². The van der Waals surface area contributed by atoms with Crippen LogP contribution in [0.3, 0.4) is 0 Å². The van der Waals surface area contributed by atoms with Gasteiger partial charge in [-0.1, -0.05) is 19.1 Å². The Morgan fingerprint density at radius 3 is 2.71 bits per heavy atom. The van der Waals surface area contributed by atoms with Crippen LogP contribution >= 0.6 is 0 Å². The first kappa shape index (κ1) is 12.0. The molecule has 0 aliphatic heterocycles. The van der Waals surface area contributed by atoms with Gasteiger partial charge >= 0.3 is 0 Å². The van der Waals surface area contributed by atoms with Crippen LogP contribution in [0.4, 0.5) is 0 Å². The van der Waals surface area contributed by atoms with Crippen LogP contribution in [0.25, 0.3) is 10.9 Å². The molecule has 1 atom stereocenters. The maximum absolute atomic E-state index is 9.46. The molecule has 90 valence electrons. The SMILES string of the molecule is Cc1ccc2cc(C(C)(CN)CO)ccc2n1. The maximum atomic E-state index is 9.46. The van der Waals surface area contributed by atoms with E-state index in [1.807, 2.05) is 32.0 Å². The molecule has 1 aromatic carbocycles. The van der Waals surface area contributed by atoms with Gasteiger partial charge in [0.1, 0.15) is 0 Å². The average Bonchev–Trinajstić information content (AvgIpc) is 2.37. The number of aliphatic hydroxyl groups excluding tert-OH is 1. The zero-order valence-electron chi connectivity index (χ0n) is 10.3. The van der Waals surface area contributed by atoms with Gasteiger partial charge < -0.3 is 10.8 Å². The molecule has 0 saturated heterocycles. The van der Waals surface area contributed by atoms with E-state index in [0.717, 1.165) is 22.2 Å². The molecule has 17 heavy (non-hydrogen) atoms. The molecule has 0 aliphatic carbocycles. The second kappa shape index (κ2) is 4.43. The van der Waals surface area contributed by atoms with Gasteiger partial charge in [-0.3, -0.25) is 4.98 Å². The van der Waals surface area contributed by atoms with Crippen molar-refractivity contribution in [1.82, 2.24) is 4.98 Å². The van der Waals surface area contributed by atoms with E-state index in [-0.39, 0.29) is 12.0 Å². The largest absolute Gasteiger partial charge is 0.395 e. The zero-order valence-corrected chi connectivity index (χ0v) is 10.3. The van der Waals surface area contributed by atoms with Crippen LogP contribution in [-0.2, 0) is 5.41 Å². The second-order valence-electron chi connectivity index (χ2n) is 4.78. The first-order valence-corrected chi connectivity index (χ1v) is 5.78. The Balaban J connectivity index is 2.55. The molecule has 0 aliphatic rings. The van der Waals surface area contributed by atoms with E-state index in [9.17, 15) is 5.11 Å². The Bertz CT molecular complexity index is 533. The average molecular weight is 230 g/mol. The molecule has 0 spiro atoms. The lowest BCUT2D eigenvalue weighted by Crippen LogP contribution is -2.35. The van der Waals surface area contributed by atoms with E-state index in [1.54, 1.807) is 0 Å². The Morgan fingerprint density at radius 2 is 2.06 bits per heavy atom. The van der Waals surface area contributed by atoms with E-state index >= 15 is 0 Å². The van der Waals surface area contributed by atoms with Gasteiger partial charge in [-0.2, -0.15) is 0 Å². The third kappa shape index (κ3) is 2.16. The number of aromatic nitrogens is 1. The van der Waals surface area contributed by atoms with Gasteiger partial charge in [0.05, 0.1) is 12.1 Å². The number of aryl methyl sites for hydroxylation is 1. The van der Waals surface area contributed by atoms with Crippen molar-refractivity contribution < 1.29 is 5.11 Å². The Labute approximate surface area is 101 Å². The first-order chi connectivity index (χ1) is 8.09. The van der Waals surface area contributed by atoms with Crippen LogP contribution in [-0.4, -0.2) is 23.2 Å². The smallest absolute Gasteiger partial charge is 0.0705 e. The fourth-order valence-corrected chi connectivity index (χ4v) is 1.88. The normalized spacial score (nSPS) is 14.8. The van der Waals surface area contributed by atoms with Crippen LogP contribution in [0.15, 0.2) is 30.3 Å². The number of hydrogen-bond acceptors (Lipinski definition) is 3. The van der Waals surface area contributed by atoms with Gasteiger partial charge in [0.15, 0.2) is 0 Å². The molecular formula is C14H18N2O. The summed E-state index contributed by atoms with van der Waals surface area (Å²) in [5.41, 5.74) is 8.41. The number of nitrogens with two attached hydrogens (primary N) is 1. The molecule has 0 fully saturated rings. The zero-order chi connectivity index (χ0) is 12.5. The molecular weight excluding hydrogens is 212 g/mol. The molecule has 1 heterocycles. The topological polar surface area (TPSA) is 59.1 Å². The molecule has 0 radical (unpaired) electrons. The van der Waals surface area contributed by atoms with Gasteiger partial charge in [0.25, 0.3) is 0 Å². The minimum Gasteiger partial charge on any atom is -0.395 e. The van der Waals surface area contributed by atoms with Crippen LogP contribution < -0.4 is 5.73 Å². The number of aliphatic hydroxyl groups is 1. The lowest BCUT2D eigenvalue weighted by molar-refractivity contribution is 0.210. The van der Waals surface area contributed by atoms with E-state index in [4.69, 9.17) is 5.73 Å². The molecule has 3 nitrogen and oxygen atoms in total. The molecule has 1 unspecified atom stereocenters. The van der Waals surface area contributed by atoms with Crippen molar-refractivity contribution in [3.05, 3.63) is 41.6 Å². The summed E-state index contributed by atoms with van der Waals surface area (Å²) in [5, 5.41) is 10.5. The highest BCUT2D eigenvalue weighted by atomic mass is 16.3. The minimum absolute atomic E-state index is 0.0499. The quantitative estimate of drug-likeness (QED) is 0.844. The van der Waals surface area contributed by atoms with Crippen LogP contribution in [0.2, 0.25) is 0 Å². The van der Waals surface area contributed by atoms with E-state index in [2.05, 4.69) is 17.1 Å². The van der Waals surface area contributed by atoms with E-state index < -0.39 is 0 Å². The van der Waals surface area contributed by atoms with Gasteiger partial charge in [0, 0.05) is 23.0 Å². The third-order valence-electron chi connectivity index (χ3n) is 3.32. The van der Waals surface area contributed by atoms with Crippen molar-refractivity contribution in [3.63, 3.8) is 0 Å². The summed E-state index contributed by atoms with van der Waals surface area (Å²) in [6, 6.07) is 10.1. The third-order valence-corrected chi connectivity index (χ3v) is 3.32. The molecule has 0 amide bonds. The van der Waals surface area contributed by atoms with Gasteiger partial charge in [-0.25, -0.2) is 0 Å². The monoisotopic (exact) mass is 230 g/mol. The lowest BCUT2D eigenvalue weighted by Gasteiger charge is -2.26. The molecule has 1 aromatic heterocycles. The summed E-state index contributed by atoms with van der Waals surface area (Å²) in [6.45, 7) is 4.42. The minimum atomic E-state index is -0.376. The Morgan fingerprint density at radius 1 is 1.29 bits per heavy atom. The standard InChI is InChI=1S/C14H18N2O/c1-10-3-4-11-7-12(5-6-13(11)16-10)14(2,8-15)9-17/h3-7,17H,8-9,15H2,1-2H3. The number of benzene rings is 1. The summed E-state index contributed by atoms with van der Waals surface area (Å²) in [7, 11) is 0. The summed E-state index contributed by atoms with van der Waals surface area (Å²) in [5.74, 6) is 0. The molecule has 2 aromatic rings. The number of hydrogen-bond donors (Lipinski definition) is 2. The molecule has 3 N–H and O–H groups in total. The number of fused-ring (bicyclic) bond motifs is 1. The highest BCUT2D eigenvalue weighted by Crippen LogP contribution is 2.25. The molecule has 0 bridgehead atoms. The van der Waals surface area contributed by atoms with Gasteiger partial charge in [-0.05, 0) is 30.7 Å². The van der Waals surface area contributed by atoms with Crippen LogP contribution in [0, 0.1) is 6.92 Å². The maximum Gasteiger partial charge on any atom is 0.0705 e. The van der Waals surface area contributed by atoms with Crippen LogP contribution in [0.1, 0.15) is 18.2 Å². The van der Waals surface area contributed by atoms with Crippen molar-refractivity contribution in [2.75, 3.05) is 13.2 Å². The van der Waals surface area contributed by atoms with Gasteiger partial charge in [-0.15, -0.1) is 0 Å². The van der Waals surface area contributed by atoms with Crippen molar-refractivity contribution in [3.8, 4) is 0 Å². The van der Waals surface area contributed by atoms with Crippen molar-refractivity contribution in [2.45, 2.75) is 19.3 Å². The summed E-state index contributed by atoms with van der Waals surface area (Å²) in [4.78, 5) is 4.46. The fraction of sp³-hybridized carbons (Fsp3) is 0.357. The summed E-state index contributed by atoms with van der Waals surface area (Å²) < 4.78 is 0. The predicted octanol–water partition coefficient (Wildman–Crippen LogP) is 1.75. The molecule has 0 saturated carbocycles. The molecule has 3 heteroatoms. The van der Waals surface area contributed by atoms with E-state index in [0.29, 0.717) is 6.54 Å². The number of pyridine rings is 1. The van der Waals surface area contributed by atoms with Crippen molar-refractivity contribution >= 4 is 10.9 Å². The Kier molecular flexibility index (Phi) is 3.13. The lowest BCUT2D eigenvalue weighted by atomic mass is 9.83. The highest BCUT2D eigenvalue weighted by molar-refractivity contribution is 5.79. The summed E-state index contributed by atoms with van der Waals surface area (Å²) >= 11 is 0. The summed E-state index contributed by atoms with van der Waals surface area (Å²) in [6.07, 6.45) is 0. The van der Waals surface area contributed by atoms with E-state index in [1.165, 1.54) is 0 Å². The number of rotatable bonds is 3. The predicted molar refractivity (Wildman–Crippen MR) is 70.0 cm³/mol.